The largest absolute Gasteiger partial charge is 0.204 e. The molecule has 0 saturated heterocycles. The smallest absolute Gasteiger partial charge is 0.159 e. The first-order chi connectivity index (χ1) is 9.69. The quantitative estimate of drug-likeness (QED) is 0.725. The van der Waals surface area contributed by atoms with Gasteiger partial charge in [0.15, 0.2) is 11.6 Å². The molecule has 0 N–H and O–H groups in total. The van der Waals surface area contributed by atoms with Gasteiger partial charge in [-0.2, -0.15) is 5.26 Å². The molecular weight excluding hydrogens is 256 g/mol. The number of hydrogen-bond donors (Lipinski definition) is 0. The lowest BCUT2D eigenvalue weighted by Crippen LogP contribution is -2.13. The van der Waals surface area contributed by atoms with E-state index < -0.39 is 11.6 Å². The summed E-state index contributed by atoms with van der Waals surface area (Å²) in [6, 6.07) is 6.21. The average molecular weight is 275 g/mol. The second kappa shape index (κ2) is 7.19. The summed E-state index contributed by atoms with van der Waals surface area (Å²) in [5, 5.41) is 8.51. The zero-order valence-electron chi connectivity index (χ0n) is 11.5. The molecule has 2 rings (SSSR count). The fraction of sp³-hybridized carbons (Fsp3) is 0.471. The summed E-state index contributed by atoms with van der Waals surface area (Å²) < 4.78 is 25.9. The Morgan fingerprint density at radius 2 is 1.90 bits per heavy atom. The number of nitrogens with zero attached hydrogens (tertiary/aromatic N) is 1. The monoisotopic (exact) mass is 275 g/mol. The summed E-state index contributed by atoms with van der Waals surface area (Å²) >= 11 is 0. The SMILES string of the molecule is N#C/C=C/[C@H]1CC[C@H](CCc2ccc(F)c(F)c2)CC1. The summed E-state index contributed by atoms with van der Waals surface area (Å²) in [6.45, 7) is 0. The van der Waals surface area contributed by atoms with Crippen molar-refractivity contribution in [3.05, 3.63) is 47.5 Å². The molecule has 1 aromatic carbocycles. The Morgan fingerprint density at radius 1 is 1.15 bits per heavy atom. The maximum Gasteiger partial charge on any atom is 0.159 e. The van der Waals surface area contributed by atoms with Crippen LogP contribution in [0.4, 0.5) is 8.78 Å². The van der Waals surface area contributed by atoms with Gasteiger partial charge in [-0.15, -0.1) is 0 Å². The second-order valence-electron chi connectivity index (χ2n) is 5.56. The van der Waals surface area contributed by atoms with E-state index in [-0.39, 0.29) is 0 Å². The third-order valence-corrected chi connectivity index (χ3v) is 4.16. The lowest BCUT2D eigenvalue weighted by molar-refractivity contribution is 0.296. The molecule has 0 amide bonds. The maximum absolute atomic E-state index is 13.1. The molecule has 1 aliphatic carbocycles. The van der Waals surface area contributed by atoms with Crippen LogP contribution in [0.15, 0.2) is 30.4 Å². The summed E-state index contributed by atoms with van der Waals surface area (Å²) in [6.07, 6.45) is 9.98. The standard InChI is InChI=1S/C17H19F2N/c18-16-10-9-15(12-17(16)19)8-7-14-5-3-13(4-6-14)2-1-11-20/h1-2,9-10,12-14H,3-8H2/b2-1+/t13-,14-. The van der Waals surface area contributed by atoms with E-state index >= 15 is 0 Å². The number of rotatable bonds is 4. The number of aryl methyl sites for hydroxylation is 1. The van der Waals surface area contributed by atoms with Crippen LogP contribution < -0.4 is 0 Å². The van der Waals surface area contributed by atoms with E-state index in [1.54, 1.807) is 12.1 Å². The highest BCUT2D eigenvalue weighted by molar-refractivity contribution is 5.17. The average Bonchev–Trinajstić information content (AvgIpc) is 2.47. The highest BCUT2D eigenvalue weighted by Gasteiger charge is 2.19. The van der Waals surface area contributed by atoms with E-state index in [2.05, 4.69) is 0 Å². The van der Waals surface area contributed by atoms with Crippen LogP contribution in [0.3, 0.4) is 0 Å². The Bertz CT molecular complexity index is 508. The molecule has 1 saturated carbocycles. The van der Waals surface area contributed by atoms with Crippen LogP contribution in [0.1, 0.15) is 37.7 Å². The van der Waals surface area contributed by atoms with Gasteiger partial charge in [0.2, 0.25) is 0 Å². The highest BCUT2D eigenvalue weighted by Crippen LogP contribution is 2.32. The van der Waals surface area contributed by atoms with Crippen LogP contribution >= 0.6 is 0 Å². The number of halogens is 2. The lowest BCUT2D eigenvalue weighted by Gasteiger charge is -2.26. The van der Waals surface area contributed by atoms with Gasteiger partial charge in [0.25, 0.3) is 0 Å². The molecule has 20 heavy (non-hydrogen) atoms. The van der Waals surface area contributed by atoms with E-state index in [0.717, 1.165) is 44.1 Å². The van der Waals surface area contributed by atoms with Crippen LogP contribution in [0, 0.1) is 34.8 Å². The third kappa shape index (κ3) is 4.16. The van der Waals surface area contributed by atoms with Gasteiger partial charge >= 0.3 is 0 Å². The molecule has 0 heterocycles. The number of allylic oxidation sites excluding steroid dienone is 2. The fourth-order valence-corrected chi connectivity index (χ4v) is 2.91. The van der Waals surface area contributed by atoms with Crippen molar-refractivity contribution < 1.29 is 8.78 Å². The van der Waals surface area contributed by atoms with Gasteiger partial charge in [-0.05, 0) is 68.1 Å². The zero-order chi connectivity index (χ0) is 14.4. The second-order valence-corrected chi connectivity index (χ2v) is 5.56. The Morgan fingerprint density at radius 3 is 2.55 bits per heavy atom. The van der Waals surface area contributed by atoms with Gasteiger partial charge in [0.05, 0.1) is 6.07 Å². The van der Waals surface area contributed by atoms with Gasteiger partial charge in [0, 0.05) is 6.08 Å². The first kappa shape index (κ1) is 14.7. The first-order valence-electron chi connectivity index (χ1n) is 7.19. The predicted octanol–water partition coefficient (Wildman–Crippen LogP) is 4.78. The molecular formula is C17H19F2N. The van der Waals surface area contributed by atoms with Gasteiger partial charge in [-0.3, -0.25) is 0 Å². The van der Waals surface area contributed by atoms with Crippen LogP contribution in [0.5, 0.6) is 0 Å². The van der Waals surface area contributed by atoms with Crippen molar-refractivity contribution in [2.24, 2.45) is 11.8 Å². The number of hydrogen-bond acceptors (Lipinski definition) is 1. The van der Waals surface area contributed by atoms with Crippen LogP contribution in [-0.2, 0) is 6.42 Å². The van der Waals surface area contributed by atoms with Crippen molar-refractivity contribution in [1.82, 2.24) is 0 Å². The molecule has 106 valence electrons. The first-order valence-corrected chi connectivity index (χ1v) is 7.19. The summed E-state index contributed by atoms with van der Waals surface area (Å²) in [7, 11) is 0. The van der Waals surface area contributed by atoms with E-state index in [1.807, 2.05) is 12.1 Å². The predicted molar refractivity (Wildman–Crippen MR) is 74.9 cm³/mol. The van der Waals surface area contributed by atoms with Crippen molar-refractivity contribution in [2.75, 3.05) is 0 Å². The van der Waals surface area contributed by atoms with E-state index in [9.17, 15) is 8.78 Å². The number of benzene rings is 1. The van der Waals surface area contributed by atoms with Crippen LogP contribution in [-0.4, -0.2) is 0 Å². The minimum absolute atomic E-state index is 0.536. The lowest BCUT2D eigenvalue weighted by atomic mass is 9.79. The molecule has 0 bridgehead atoms. The van der Waals surface area contributed by atoms with Crippen LogP contribution in [0.25, 0.3) is 0 Å². The summed E-state index contributed by atoms with van der Waals surface area (Å²) in [4.78, 5) is 0. The van der Waals surface area contributed by atoms with Crippen molar-refractivity contribution in [3.8, 4) is 6.07 Å². The molecule has 0 aromatic heterocycles. The molecule has 0 spiro atoms. The molecule has 0 unspecified atom stereocenters. The van der Waals surface area contributed by atoms with E-state index in [4.69, 9.17) is 5.26 Å². The molecule has 1 aromatic rings. The normalized spacial score (nSPS) is 22.9. The van der Waals surface area contributed by atoms with Crippen molar-refractivity contribution in [3.63, 3.8) is 0 Å². The minimum atomic E-state index is -0.779. The molecule has 0 aliphatic heterocycles. The molecule has 0 radical (unpaired) electrons. The zero-order valence-corrected chi connectivity index (χ0v) is 11.5. The highest BCUT2D eigenvalue weighted by atomic mass is 19.2. The molecule has 3 heteroatoms. The van der Waals surface area contributed by atoms with E-state index in [1.165, 1.54) is 12.1 Å². The maximum atomic E-state index is 13.1. The molecule has 1 nitrogen and oxygen atoms in total. The fourth-order valence-electron chi connectivity index (χ4n) is 2.91. The van der Waals surface area contributed by atoms with Crippen molar-refractivity contribution >= 4 is 0 Å². The molecule has 0 atom stereocenters. The number of nitriles is 1. The van der Waals surface area contributed by atoms with E-state index in [0.29, 0.717) is 11.8 Å². The van der Waals surface area contributed by atoms with Gasteiger partial charge < -0.3 is 0 Å². The van der Waals surface area contributed by atoms with Crippen molar-refractivity contribution in [2.45, 2.75) is 38.5 Å². The van der Waals surface area contributed by atoms with Gasteiger partial charge in [-0.1, -0.05) is 12.1 Å². The van der Waals surface area contributed by atoms with Gasteiger partial charge in [0.1, 0.15) is 0 Å². The van der Waals surface area contributed by atoms with Crippen molar-refractivity contribution in [1.29, 1.82) is 5.26 Å². The third-order valence-electron chi connectivity index (χ3n) is 4.16. The summed E-state index contributed by atoms with van der Waals surface area (Å²) in [5.74, 6) is -0.338. The Labute approximate surface area is 118 Å². The van der Waals surface area contributed by atoms with Crippen LogP contribution in [0.2, 0.25) is 0 Å². The molecule has 1 fully saturated rings. The topological polar surface area (TPSA) is 23.8 Å². The Kier molecular flexibility index (Phi) is 5.29. The Hall–Kier alpha value is -1.69. The minimum Gasteiger partial charge on any atom is -0.204 e. The van der Waals surface area contributed by atoms with Gasteiger partial charge in [-0.25, -0.2) is 8.78 Å². The Balaban J connectivity index is 1.77. The summed E-state index contributed by atoms with van der Waals surface area (Å²) in [5.41, 5.74) is 0.871. The molecule has 1 aliphatic rings.